The Morgan fingerprint density at radius 2 is 1.31 bits per heavy atom. The topological polar surface area (TPSA) is 27.0 Å². The monoisotopic (exact) mass is 340 g/mol. The van der Waals surface area contributed by atoms with Crippen LogP contribution in [0.1, 0.15) is 37.5 Å². The van der Waals surface area contributed by atoms with Crippen LogP contribution in [0.4, 0.5) is 11.4 Å². The summed E-state index contributed by atoms with van der Waals surface area (Å²) < 4.78 is 0. The highest BCUT2D eigenvalue weighted by atomic mass is 15.1. The standard InChI is InChI=1S/C24H24N2/c1-24(2,3)21-11-15-23(16-12-21)26(18-20-7-5-4-6-8-20)22-13-9-19(17-25)10-14-22/h4-16H,18H2,1-3H3. The number of hydrogen-bond acceptors (Lipinski definition) is 2. The number of benzene rings is 3. The minimum Gasteiger partial charge on any atom is -0.337 e. The summed E-state index contributed by atoms with van der Waals surface area (Å²) in [7, 11) is 0. The molecular weight excluding hydrogens is 316 g/mol. The van der Waals surface area contributed by atoms with Crippen LogP contribution in [0.5, 0.6) is 0 Å². The molecule has 3 aromatic carbocycles. The molecule has 0 saturated heterocycles. The molecule has 0 heterocycles. The summed E-state index contributed by atoms with van der Waals surface area (Å²) in [5.74, 6) is 0. The van der Waals surface area contributed by atoms with Gasteiger partial charge >= 0.3 is 0 Å². The third kappa shape index (κ3) is 4.13. The Kier molecular flexibility index (Phi) is 5.09. The van der Waals surface area contributed by atoms with Gasteiger partial charge in [-0.05, 0) is 52.9 Å². The van der Waals surface area contributed by atoms with Crippen LogP contribution < -0.4 is 4.90 Å². The lowest BCUT2D eigenvalue weighted by Crippen LogP contribution is -2.17. The zero-order valence-electron chi connectivity index (χ0n) is 15.6. The Bertz CT molecular complexity index is 880. The van der Waals surface area contributed by atoms with E-state index in [2.05, 4.69) is 80.3 Å². The van der Waals surface area contributed by atoms with Gasteiger partial charge in [0.1, 0.15) is 0 Å². The van der Waals surface area contributed by atoms with Crippen LogP contribution >= 0.6 is 0 Å². The van der Waals surface area contributed by atoms with Crippen LogP contribution in [0.25, 0.3) is 0 Å². The summed E-state index contributed by atoms with van der Waals surface area (Å²) in [6, 6.07) is 29.2. The van der Waals surface area contributed by atoms with Crippen molar-refractivity contribution in [2.45, 2.75) is 32.7 Å². The second-order valence-corrected chi connectivity index (χ2v) is 7.53. The van der Waals surface area contributed by atoms with E-state index in [-0.39, 0.29) is 5.41 Å². The van der Waals surface area contributed by atoms with E-state index < -0.39 is 0 Å². The predicted molar refractivity (Wildman–Crippen MR) is 109 cm³/mol. The highest BCUT2D eigenvalue weighted by Crippen LogP contribution is 2.30. The number of nitriles is 1. The van der Waals surface area contributed by atoms with E-state index >= 15 is 0 Å². The van der Waals surface area contributed by atoms with Gasteiger partial charge in [0.05, 0.1) is 11.6 Å². The molecule has 2 heteroatoms. The SMILES string of the molecule is CC(C)(C)c1ccc(N(Cc2ccccc2)c2ccc(C#N)cc2)cc1. The van der Waals surface area contributed by atoms with Crippen molar-refractivity contribution in [2.75, 3.05) is 4.90 Å². The van der Waals surface area contributed by atoms with Crippen molar-refractivity contribution in [1.29, 1.82) is 5.26 Å². The Morgan fingerprint density at radius 1 is 0.769 bits per heavy atom. The van der Waals surface area contributed by atoms with E-state index in [0.29, 0.717) is 5.56 Å². The second kappa shape index (κ2) is 7.45. The van der Waals surface area contributed by atoms with E-state index in [9.17, 15) is 0 Å². The number of rotatable bonds is 4. The summed E-state index contributed by atoms with van der Waals surface area (Å²) in [6.07, 6.45) is 0. The lowest BCUT2D eigenvalue weighted by atomic mass is 9.87. The highest BCUT2D eigenvalue weighted by molar-refractivity contribution is 5.64. The molecule has 0 aliphatic rings. The molecular formula is C24H24N2. The van der Waals surface area contributed by atoms with Crippen molar-refractivity contribution >= 4 is 11.4 Å². The third-order valence-corrected chi connectivity index (χ3v) is 4.54. The molecule has 0 N–H and O–H groups in total. The van der Waals surface area contributed by atoms with Crippen LogP contribution in [0.3, 0.4) is 0 Å². The normalized spacial score (nSPS) is 11.0. The van der Waals surface area contributed by atoms with Crippen molar-refractivity contribution in [3.63, 3.8) is 0 Å². The summed E-state index contributed by atoms with van der Waals surface area (Å²) in [6.45, 7) is 7.46. The minimum absolute atomic E-state index is 0.136. The summed E-state index contributed by atoms with van der Waals surface area (Å²) in [4.78, 5) is 2.28. The third-order valence-electron chi connectivity index (χ3n) is 4.54. The van der Waals surface area contributed by atoms with Gasteiger partial charge < -0.3 is 4.90 Å². The molecule has 0 aromatic heterocycles. The summed E-state index contributed by atoms with van der Waals surface area (Å²) >= 11 is 0. The zero-order valence-corrected chi connectivity index (χ0v) is 15.6. The van der Waals surface area contributed by atoms with Crippen molar-refractivity contribution in [3.8, 4) is 6.07 Å². The van der Waals surface area contributed by atoms with Gasteiger partial charge in [-0.3, -0.25) is 0 Å². The summed E-state index contributed by atoms with van der Waals surface area (Å²) in [5.41, 5.74) is 5.61. The van der Waals surface area contributed by atoms with E-state index in [1.54, 1.807) is 0 Å². The Labute approximate surface area is 156 Å². The number of hydrogen-bond donors (Lipinski definition) is 0. The molecule has 2 nitrogen and oxygen atoms in total. The molecule has 130 valence electrons. The first-order valence-corrected chi connectivity index (χ1v) is 8.89. The van der Waals surface area contributed by atoms with E-state index in [4.69, 9.17) is 5.26 Å². The van der Waals surface area contributed by atoms with Gasteiger partial charge in [0, 0.05) is 17.9 Å². The lowest BCUT2D eigenvalue weighted by molar-refractivity contribution is 0.590. The van der Waals surface area contributed by atoms with E-state index in [1.807, 2.05) is 30.3 Å². The lowest BCUT2D eigenvalue weighted by Gasteiger charge is -2.27. The van der Waals surface area contributed by atoms with Crippen molar-refractivity contribution in [2.24, 2.45) is 0 Å². The summed E-state index contributed by atoms with van der Waals surface area (Å²) in [5, 5.41) is 9.06. The van der Waals surface area contributed by atoms with Gasteiger partial charge in [-0.25, -0.2) is 0 Å². The van der Waals surface area contributed by atoms with Crippen LogP contribution in [0.2, 0.25) is 0 Å². The maximum atomic E-state index is 9.06. The fraction of sp³-hybridized carbons (Fsp3) is 0.208. The van der Waals surface area contributed by atoms with E-state index in [0.717, 1.165) is 17.9 Å². The van der Waals surface area contributed by atoms with Gasteiger partial charge in [0.2, 0.25) is 0 Å². The first kappa shape index (κ1) is 17.8. The van der Waals surface area contributed by atoms with Crippen LogP contribution in [-0.2, 0) is 12.0 Å². The predicted octanol–water partition coefficient (Wildman–Crippen LogP) is 6.19. The first-order valence-electron chi connectivity index (χ1n) is 8.89. The molecule has 0 saturated carbocycles. The molecule has 0 fully saturated rings. The molecule has 0 spiro atoms. The average molecular weight is 340 g/mol. The fourth-order valence-electron chi connectivity index (χ4n) is 2.95. The first-order chi connectivity index (χ1) is 12.5. The van der Waals surface area contributed by atoms with Gasteiger partial charge in [-0.2, -0.15) is 5.26 Å². The molecule has 0 atom stereocenters. The fourth-order valence-corrected chi connectivity index (χ4v) is 2.95. The Hall–Kier alpha value is -3.05. The molecule has 0 radical (unpaired) electrons. The molecule has 3 rings (SSSR count). The molecule has 26 heavy (non-hydrogen) atoms. The number of nitrogens with zero attached hydrogens (tertiary/aromatic N) is 2. The molecule has 0 aliphatic carbocycles. The van der Waals surface area contributed by atoms with Crippen molar-refractivity contribution < 1.29 is 0 Å². The smallest absolute Gasteiger partial charge is 0.0991 e. The van der Waals surface area contributed by atoms with Gasteiger partial charge in [-0.1, -0.05) is 63.2 Å². The molecule has 0 unspecified atom stereocenters. The average Bonchev–Trinajstić information content (AvgIpc) is 2.66. The largest absolute Gasteiger partial charge is 0.337 e. The van der Waals surface area contributed by atoms with Gasteiger partial charge in [0.15, 0.2) is 0 Å². The quantitative estimate of drug-likeness (QED) is 0.566. The minimum atomic E-state index is 0.136. The highest BCUT2D eigenvalue weighted by Gasteiger charge is 2.15. The van der Waals surface area contributed by atoms with E-state index in [1.165, 1.54) is 11.1 Å². The van der Waals surface area contributed by atoms with Gasteiger partial charge in [0.25, 0.3) is 0 Å². The maximum absolute atomic E-state index is 9.06. The second-order valence-electron chi connectivity index (χ2n) is 7.53. The Balaban J connectivity index is 1.98. The van der Waals surface area contributed by atoms with Crippen LogP contribution in [-0.4, -0.2) is 0 Å². The molecule has 0 bridgehead atoms. The molecule has 0 amide bonds. The number of anilines is 2. The maximum Gasteiger partial charge on any atom is 0.0991 e. The van der Waals surface area contributed by atoms with Crippen molar-refractivity contribution in [1.82, 2.24) is 0 Å². The molecule has 3 aromatic rings. The Morgan fingerprint density at radius 3 is 1.81 bits per heavy atom. The zero-order chi connectivity index (χ0) is 18.6. The van der Waals surface area contributed by atoms with Crippen LogP contribution in [0, 0.1) is 11.3 Å². The van der Waals surface area contributed by atoms with Gasteiger partial charge in [-0.15, -0.1) is 0 Å². The van der Waals surface area contributed by atoms with Crippen molar-refractivity contribution in [3.05, 3.63) is 95.6 Å². The molecule has 0 aliphatic heterocycles. The van der Waals surface area contributed by atoms with Crippen LogP contribution in [0.15, 0.2) is 78.9 Å².